The number of hydrogen-bond acceptors (Lipinski definition) is 7. The Morgan fingerprint density at radius 1 is 1.10 bits per heavy atom. The number of hydrogen-bond donors (Lipinski definition) is 2. The lowest BCUT2D eigenvalue weighted by Gasteiger charge is -2.31. The Balaban J connectivity index is 1.48. The van der Waals surface area contributed by atoms with Crippen LogP contribution in [0.3, 0.4) is 0 Å². The summed E-state index contributed by atoms with van der Waals surface area (Å²) in [5.74, 6) is 1.49. The van der Waals surface area contributed by atoms with Crippen molar-refractivity contribution < 1.29 is 19.7 Å². The first kappa shape index (κ1) is 21.8. The second kappa shape index (κ2) is 10.8. The fourth-order valence-corrected chi connectivity index (χ4v) is 4.05. The van der Waals surface area contributed by atoms with Gasteiger partial charge in [0.1, 0.15) is 12.7 Å². The highest BCUT2D eigenvalue weighted by Gasteiger charge is 2.21. The number of aliphatic hydroxyl groups excluding tert-OH is 2. The number of benzene rings is 1. The second-order valence-electron chi connectivity index (χ2n) is 8.16. The molecule has 29 heavy (non-hydrogen) atoms. The molecule has 1 atom stereocenters. The van der Waals surface area contributed by atoms with Crippen LogP contribution in [0, 0.1) is 17.2 Å². The number of ether oxygens (including phenoxy) is 2. The Labute approximate surface area is 173 Å². The first-order valence-electron chi connectivity index (χ1n) is 10.6. The topological polar surface area (TPSA) is 89.2 Å². The van der Waals surface area contributed by atoms with Crippen LogP contribution in [-0.2, 0) is 6.54 Å². The second-order valence-corrected chi connectivity index (χ2v) is 8.16. The zero-order chi connectivity index (χ0) is 20.6. The molecule has 1 aromatic rings. The van der Waals surface area contributed by atoms with E-state index >= 15 is 0 Å². The molecule has 2 N–H and O–H groups in total. The SMILES string of the molecule is COc1cc(CN2CCC(C#N)CC2)ccc1OCC(O)CN1CCC(O)CC1. The number of piperidine rings is 2. The standard InChI is InChI=1S/C22H33N3O4/c1-28-22-12-18(14-24-8-4-17(13-23)5-9-24)2-3-21(22)29-16-20(27)15-25-10-6-19(26)7-11-25/h2-3,12,17,19-20,26-27H,4-11,14-16H2,1H3. The molecule has 160 valence electrons. The largest absolute Gasteiger partial charge is 0.493 e. The molecule has 2 heterocycles. The Morgan fingerprint density at radius 2 is 1.79 bits per heavy atom. The lowest BCUT2D eigenvalue weighted by atomic mass is 9.98. The van der Waals surface area contributed by atoms with Crippen LogP contribution in [0.5, 0.6) is 11.5 Å². The van der Waals surface area contributed by atoms with Crippen LogP contribution in [0.25, 0.3) is 0 Å². The van der Waals surface area contributed by atoms with Gasteiger partial charge in [-0.2, -0.15) is 5.26 Å². The predicted octanol–water partition coefficient (Wildman–Crippen LogP) is 1.63. The Morgan fingerprint density at radius 3 is 2.45 bits per heavy atom. The molecule has 0 aromatic heterocycles. The molecule has 0 saturated carbocycles. The van der Waals surface area contributed by atoms with Crippen molar-refractivity contribution in [3.63, 3.8) is 0 Å². The highest BCUT2D eigenvalue weighted by atomic mass is 16.5. The van der Waals surface area contributed by atoms with Crippen LogP contribution >= 0.6 is 0 Å². The number of likely N-dealkylation sites (tertiary alicyclic amines) is 2. The number of rotatable bonds is 8. The van der Waals surface area contributed by atoms with E-state index in [1.807, 2.05) is 18.2 Å². The maximum atomic E-state index is 10.3. The molecular weight excluding hydrogens is 370 g/mol. The zero-order valence-electron chi connectivity index (χ0n) is 17.3. The summed E-state index contributed by atoms with van der Waals surface area (Å²) >= 11 is 0. The molecule has 7 heteroatoms. The first-order valence-corrected chi connectivity index (χ1v) is 10.6. The fraction of sp³-hybridized carbons (Fsp3) is 0.682. The smallest absolute Gasteiger partial charge is 0.161 e. The Bertz CT molecular complexity index is 677. The molecule has 0 aliphatic carbocycles. The molecule has 2 aliphatic heterocycles. The van der Waals surface area contributed by atoms with E-state index in [0.717, 1.165) is 64.0 Å². The van der Waals surface area contributed by atoms with E-state index < -0.39 is 6.10 Å². The van der Waals surface area contributed by atoms with E-state index in [2.05, 4.69) is 15.9 Å². The third-order valence-corrected chi connectivity index (χ3v) is 5.86. The number of nitriles is 1. The number of nitrogens with zero attached hydrogens (tertiary/aromatic N) is 3. The fourth-order valence-electron chi connectivity index (χ4n) is 4.05. The van der Waals surface area contributed by atoms with E-state index in [0.29, 0.717) is 18.0 Å². The van der Waals surface area contributed by atoms with Gasteiger partial charge >= 0.3 is 0 Å². The van der Waals surface area contributed by atoms with Crippen LogP contribution < -0.4 is 9.47 Å². The maximum absolute atomic E-state index is 10.3. The van der Waals surface area contributed by atoms with Gasteiger partial charge in [-0.25, -0.2) is 0 Å². The molecule has 2 saturated heterocycles. The van der Waals surface area contributed by atoms with E-state index in [9.17, 15) is 10.2 Å². The van der Waals surface area contributed by atoms with E-state index in [1.165, 1.54) is 0 Å². The summed E-state index contributed by atoms with van der Waals surface area (Å²) in [7, 11) is 1.62. The molecule has 0 spiro atoms. The van der Waals surface area contributed by atoms with E-state index in [4.69, 9.17) is 14.7 Å². The summed E-state index contributed by atoms with van der Waals surface area (Å²) in [6, 6.07) is 8.29. The zero-order valence-corrected chi connectivity index (χ0v) is 17.3. The molecule has 2 fully saturated rings. The molecule has 0 bridgehead atoms. The molecule has 3 rings (SSSR count). The quantitative estimate of drug-likeness (QED) is 0.682. The lowest BCUT2D eigenvalue weighted by Crippen LogP contribution is -2.41. The Kier molecular flexibility index (Phi) is 8.13. The minimum Gasteiger partial charge on any atom is -0.493 e. The third kappa shape index (κ3) is 6.58. The van der Waals surface area contributed by atoms with Gasteiger partial charge < -0.3 is 24.6 Å². The van der Waals surface area contributed by atoms with Crippen molar-refractivity contribution in [1.29, 1.82) is 5.26 Å². The van der Waals surface area contributed by atoms with Crippen molar-refractivity contribution in [2.24, 2.45) is 5.92 Å². The van der Waals surface area contributed by atoms with E-state index in [-0.39, 0.29) is 18.6 Å². The molecule has 2 aliphatic rings. The average Bonchev–Trinajstić information content (AvgIpc) is 2.75. The summed E-state index contributed by atoms with van der Waals surface area (Å²) < 4.78 is 11.3. The van der Waals surface area contributed by atoms with Crippen LogP contribution in [0.1, 0.15) is 31.2 Å². The molecule has 7 nitrogen and oxygen atoms in total. The monoisotopic (exact) mass is 403 g/mol. The summed E-state index contributed by atoms with van der Waals surface area (Å²) in [4.78, 5) is 4.53. The molecule has 1 aromatic carbocycles. The van der Waals surface area contributed by atoms with Gasteiger partial charge in [0.15, 0.2) is 11.5 Å². The molecule has 0 amide bonds. The maximum Gasteiger partial charge on any atom is 0.161 e. The third-order valence-electron chi connectivity index (χ3n) is 5.86. The highest BCUT2D eigenvalue weighted by Crippen LogP contribution is 2.29. The summed E-state index contributed by atoms with van der Waals surface area (Å²) in [5, 5.41) is 28.9. The Hall–Kier alpha value is -1.85. The minimum absolute atomic E-state index is 0.193. The predicted molar refractivity (Wildman–Crippen MR) is 110 cm³/mol. The minimum atomic E-state index is -0.587. The molecule has 1 unspecified atom stereocenters. The van der Waals surface area contributed by atoms with Gasteiger partial charge in [-0.05, 0) is 56.5 Å². The van der Waals surface area contributed by atoms with Crippen molar-refractivity contribution in [3.05, 3.63) is 23.8 Å². The van der Waals surface area contributed by atoms with Gasteiger partial charge in [0.2, 0.25) is 0 Å². The van der Waals surface area contributed by atoms with Gasteiger partial charge in [0, 0.05) is 32.1 Å². The van der Waals surface area contributed by atoms with Gasteiger partial charge in [-0.3, -0.25) is 4.90 Å². The van der Waals surface area contributed by atoms with Gasteiger partial charge in [-0.15, -0.1) is 0 Å². The summed E-state index contributed by atoms with van der Waals surface area (Å²) in [6.45, 7) is 5.08. The number of aliphatic hydroxyl groups is 2. The van der Waals surface area contributed by atoms with Crippen molar-refractivity contribution in [2.45, 2.75) is 44.4 Å². The normalized spacial score (nSPS) is 20.9. The average molecular weight is 404 g/mol. The van der Waals surface area contributed by atoms with Crippen molar-refractivity contribution in [3.8, 4) is 17.6 Å². The van der Waals surface area contributed by atoms with Crippen LogP contribution in [0.15, 0.2) is 18.2 Å². The molecule has 0 radical (unpaired) electrons. The first-order chi connectivity index (χ1) is 14.1. The van der Waals surface area contributed by atoms with Crippen molar-refractivity contribution in [2.75, 3.05) is 46.4 Å². The lowest BCUT2D eigenvalue weighted by molar-refractivity contribution is 0.0333. The number of methoxy groups -OCH3 is 1. The van der Waals surface area contributed by atoms with Crippen LogP contribution in [0.4, 0.5) is 0 Å². The highest BCUT2D eigenvalue weighted by molar-refractivity contribution is 5.43. The van der Waals surface area contributed by atoms with E-state index in [1.54, 1.807) is 7.11 Å². The van der Waals surface area contributed by atoms with Gasteiger partial charge in [-0.1, -0.05) is 6.07 Å². The van der Waals surface area contributed by atoms with Gasteiger partial charge in [0.25, 0.3) is 0 Å². The number of β-amino-alcohol motifs (C(OH)–C–C–N with tert-alkyl or cyclic N) is 1. The summed E-state index contributed by atoms with van der Waals surface area (Å²) in [5.41, 5.74) is 1.15. The summed E-state index contributed by atoms with van der Waals surface area (Å²) in [6.07, 6.45) is 2.59. The van der Waals surface area contributed by atoms with Gasteiger partial charge in [0.05, 0.1) is 19.3 Å². The van der Waals surface area contributed by atoms with Crippen LogP contribution in [-0.4, -0.2) is 78.7 Å². The van der Waals surface area contributed by atoms with Crippen LogP contribution in [0.2, 0.25) is 0 Å². The molecular formula is C22H33N3O4. The van der Waals surface area contributed by atoms with Crippen molar-refractivity contribution >= 4 is 0 Å². The van der Waals surface area contributed by atoms with Crippen molar-refractivity contribution in [1.82, 2.24) is 9.80 Å².